The number of hydrazone groups is 1. The van der Waals surface area contributed by atoms with E-state index >= 15 is 0 Å². The minimum Gasteiger partial charge on any atom is -0.493 e. The minimum atomic E-state index is -0.450. The third-order valence-electron chi connectivity index (χ3n) is 4.39. The third kappa shape index (κ3) is 6.39. The van der Waals surface area contributed by atoms with Crippen LogP contribution in [0.2, 0.25) is 0 Å². The molecule has 0 radical (unpaired) electrons. The second-order valence-corrected chi connectivity index (χ2v) is 7.56. The number of nitrogens with one attached hydrogen (secondary N) is 1. The van der Waals surface area contributed by atoms with Crippen LogP contribution < -0.4 is 14.9 Å². The molecule has 1 amide bonds. The Bertz CT molecular complexity index is 1120. The van der Waals surface area contributed by atoms with Crippen molar-refractivity contribution in [1.82, 2.24) is 5.43 Å². The molecule has 0 aromatic heterocycles. The van der Waals surface area contributed by atoms with E-state index in [-0.39, 0.29) is 24.6 Å². The molecule has 0 atom stereocenters. The first-order valence-electron chi connectivity index (χ1n) is 9.55. The minimum absolute atomic E-state index is 0.0204. The normalized spacial score (nSPS) is 10.7. The van der Waals surface area contributed by atoms with Crippen molar-refractivity contribution in [3.8, 4) is 11.5 Å². The van der Waals surface area contributed by atoms with Gasteiger partial charge in [0.1, 0.15) is 6.61 Å². The van der Waals surface area contributed by atoms with E-state index in [1.807, 2.05) is 30.3 Å². The van der Waals surface area contributed by atoms with Crippen molar-refractivity contribution < 1.29 is 19.2 Å². The van der Waals surface area contributed by atoms with Gasteiger partial charge in [-0.15, -0.1) is 0 Å². The van der Waals surface area contributed by atoms with E-state index in [9.17, 15) is 14.9 Å². The highest BCUT2D eigenvalue weighted by Gasteiger charge is 2.12. The fraction of sp³-hybridized carbons (Fsp3) is 0.130. The molecule has 3 rings (SSSR count). The van der Waals surface area contributed by atoms with Gasteiger partial charge in [0.15, 0.2) is 11.5 Å². The van der Waals surface area contributed by atoms with Gasteiger partial charge in [-0.3, -0.25) is 14.9 Å². The zero-order valence-electron chi connectivity index (χ0n) is 17.2. The molecule has 0 aliphatic heterocycles. The van der Waals surface area contributed by atoms with Crippen LogP contribution in [0, 0.1) is 10.1 Å². The number of ether oxygens (including phenoxy) is 2. The summed E-state index contributed by atoms with van der Waals surface area (Å²) in [5.41, 5.74) is 4.89. The van der Waals surface area contributed by atoms with E-state index in [0.717, 1.165) is 11.1 Å². The number of halogens is 1. The number of benzene rings is 3. The number of nitrogens with zero attached hydrogens (tertiary/aromatic N) is 2. The summed E-state index contributed by atoms with van der Waals surface area (Å²) in [6, 6.07) is 19.0. The van der Waals surface area contributed by atoms with Crippen LogP contribution in [0.3, 0.4) is 0 Å². The number of hydrogen-bond donors (Lipinski definition) is 1. The largest absolute Gasteiger partial charge is 0.493 e. The van der Waals surface area contributed by atoms with Gasteiger partial charge in [0.05, 0.1) is 29.1 Å². The Hall–Kier alpha value is -3.72. The summed E-state index contributed by atoms with van der Waals surface area (Å²) in [5, 5.41) is 14.8. The number of methoxy groups -OCH3 is 1. The molecular weight excluding hydrogens is 478 g/mol. The zero-order valence-corrected chi connectivity index (χ0v) is 18.7. The molecule has 0 aliphatic carbocycles. The molecule has 3 aromatic rings. The fourth-order valence-electron chi connectivity index (χ4n) is 2.82. The van der Waals surface area contributed by atoms with Crippen LogP contribution in [0.25, 0.3) is 0 Å². The lowest BCUT2D eigenvalue weighted by Crippen LogP contribution is -2.19. The Morgan fingerprint density at radius 2 is 1.84 bits per heavy atom. The highest BCUT2D eigenvalue weighted by atomic mass is 79.9. The number of amides is 1. The summed E-state index contributed by atoms with van der Waals surface area (Å²) >= 11 is 3.46. The van der Waals surface area contributed by atoms with Crippen LogP contribution >= 0.6 is 15.9 Å². The molecule has 0 aliphatic rings. The molecule has 0 spiro atoms. The van der Waals surface area contributed by atoms with Gasteiger partial charge in [0.25, 0.3) is 5.69 Å². The summed E-state index contributed by atoms with van der Waals surface area (Å²) < 4.78 is 11.9. The Morgan fingerprint density at radius 1 is 1.12 bits per heavy atom. The average molecular weight is 498 g/mol. The maximum absolute atomic E-state index is 12.0. The number of nitro benzene ring substituents is 1. The second kappa shape index (κ2) is 11.1. The molecule has 0 unspecified atom stereocenters. The van der Waals surface area contributed by atoms with Gasteiger partial charge in [-0.1, -0.05) is 30.3 Å². The molecule has 0 heterocycles. The van der Waals surface area contributed by atoms with Crippen molar-refractivity contribution in [2.75, 3.05) is 7.11 Å². The SMILES string of the molecule is COc1cc(/C=N\NC(=O)Cc2ccccc2)cc(Br)c1OCc1ccc([N+](=O)[O-])cc1. The van der Waals surface area contributed by atoms with Crippen LogP contribution in [0.15, 0.2) is 76.3 Å². The lowest BCUT2D eigenvalue weighted by molar-refractivity contribution is -0.384. The van der Waals surface area contributed by atoms with Gasteiger partial charge in [-0.05, 0) is 56.9 Å². The predicted octanol–water partition coefficient (Wildman–Crippen LogP) is 4.64. The maximum atomic E-state index is 12.0. The van der Waals surface area contributed by atoms with Crippen LogP contribution in [0.4, 0.5) is 5.69 Å². The van der Waals surface area contributed by atoms with Crippen molar-refractivity contribution in [3.63, 3.8) is 0 Å². The molecular formula is C23H20BrN3O5. The smallest absolute Gasteiger partial charge is 0.269 e. The third-order valence-corrected chi connectivity index (χ3v) is 4.98. The Labute approximate surface area is 193 Å². The van der Waals surface area contributed by atoms with Gasteiger partial charge < -0.3 is 9.47 Å². The van der Waals surface area contributed by atoms with Gasteiger partial charge in [-0.25, -0.2) is 5.43 Å². The molecule has 32 heavy (non-hydrogen) atoms. The summed E-state index contributed by atoms with van der Waals surface area (Å²) in [6.45, 7) is 0.204. The average Bonchev–Trinajstić information content (AvgIpc) is 2.79. The molecule has 9 heteroatoms. The highest BCUT2D eigenvalue weighted by molar-refractivity contribution is 9.10. The molecule has 164 valence electrons. The van der Waals surface area contributed by atoms with Crippen molar-refractivity contribution >= 4 is 33.7 Å². The molecule has 1 N–H and O–H groups in total. The van der Waals surface area contributed by atoms with Crippen LogP contribution in [-0.4, -0.2) is 24.2 Å². The van der Waals surface area contributed by atoms with E-state index in [0.29, 0.717) is 21.5 Å². The molecule has 0 fully saturated rings. The zero-order chi connectivity index (χ0) is 22.9. The lowest BCUT2D eigenvalue weighted by Gasteiger charge is -2.13. The molecule has 0 bridgehead atoms. The maximum Gasteiger partial charge on any atom is 0.269 e. The van der Waals surface area contributed by atoms with Crippen molar-refractivity contribution in [1.29, 1.82) is 0 Å². The highest BCUT2D eigenvalue weighted by Crippen LogP contribution is 2.37. The van der Waals surface area contributed by atoms with E-state index in [1.165, 1.54) is 25.5 Å². The van der Waals surface area contributed by atoms with Crippen molar-refractivity contribution in [3.05, 3.63) is 98.0 Å². The van der Waals surface area contributed by atoms with Crippen molar-refractivity contribution in [2.45, 2.75) is 13.0 Å². The van der Waals surface area contributed by atoms with Crippen LogP contribution in [0.1, 0.15) is 16.7 Å². The molecule has 0 saturated carbocycles. The monoisotopic (exact) mass is 497 g/mol. The second-order valence-electron chi connectivity index (χ2n) is 6.70. The number of non-ortho nitro benzene ring substituents is 1. The van der Waals surface area contributed by atoms with Gasteiger partial charge in [0.2, 0.25) is 5.91 Å². The summed E-state index contributed by atoms with van der Waals surface area (Å²) in [7, 11) is 1.52. The summed E-state index contributed by atoms with van der Waals surface area (Å²) in [5.74, 6) is 0.732. The number of hydrogen-bond acceptors (Lipinski definition) is 6. The van der Waals surface area contributed by atoms with E-state index in [4.69, 9.17) is 9.47 Å². The topological polar surface area (TPSA) is 103 Å². The van der Waals surface area contributed by atoms with Gasteiger partial charge in [-0.2, -0.15) is 5.10 Å². The number of carbonyl (C=O) groups is 1. The van der Waals surface area contributed by atoms with E-state index < -0.39 is 4.92 Å². The Morgan fingerprint density at radius 3 is 2.50 bits per heavy atom. The van der Waals surface area contributed by atoms with Crippen molar-refractivity contribution in [2.24, 2.45) is 5.10 Å². The van der Waals surface area contributed by atoms with Crippen LogP contribution in [0.5, 0.6) is 11.5 Å². The quantitative estimate of drug-likeness (QED) is 0.263. The number of nitro groups is 1. The molecule has 8 nitrogen and oxygen atoms in total. The standard InChI is InChI=1S/C23H20BrN3O5/c1-31-21-12-18(14-25-26-22(28)13-16-5-3-2-4-6-16)11-20(24)23(21)32-15-17-7-9-19(10-8-17)27(29)30/h2-12,14H,13,15H2,1H3,(H,26,28)/b25-14-. The summed E-state index contributed by atoms with van der Waals surface area (Å²) in [4.78, 5) is 22.3. The van der Waals surface area contributed by atoms with Gasteiger partial charge >= 0.3 is 0 Å². The molecule has 3 aromatic carbocycles. The van der Waals surface area contributed by atoms with E-state index in [2.05, 4.69) is 26.5 Å². The predicted molar refractivity (Wildman–Crippen MR) is 124 cm³/mol. The summed E-state index contributed by atoms with van der Waals surface area (Å²) in [6.07, 6.45) is 1.75. The Balaban J connectivity index is 1.63. The first-order valence-corrected chi connectivity index (χ1v) is 10.3. The van der Waals surface area contributed by atoms with Crippen LogP contribution in [-0.2, 0) is 17.8 Å². The van der Waals surface area contributed by atoms with E-state index in [1.54, 1.807) is 24.3 Å². The number of carbonyl (C=O) groups excluding carboxylic acids is 1. The first kappa shape index (κ1) is 23.0. The molecule has 0 saturated heterocycles. The lowest BCUT2D eigenvalue weighted by atomic mass is 10.1. The first-order chi connectivity index (χ1) is 15.5. The number of rotatable bonds is 9. The van der Waals surface area contributed by atoms with Gasteiger partial charge in [0, 0.05) is 12.1 Å². The fourth-order valence-corrected chi connectivity index (χ4v) is 3.40. The Kier molecular flexibility index (Phi) is 7.93.